The van der Waals surface area contributed by atoms with Gasteiger partial charge in [-0.25, -0.2) is 8.60 Å². The van der Waals surface area contributed by atoms with Gasteiger partial charge < -0.3 is 0 Å². The summed E-state index contributed by atoms with van der Waals surface area (Å²) in [4.78, 5) is 0.317. The fourth-order valence-electron chi connectivity index (χ4n) is 0.830. The maximum atomic E-state index is 13.1. The molecule has 0 bridgehead atoms. The van der Waals surface area contributed by atoms with Crippen LogP contribution in [0.4, 0.5) is 4.39 Å². The summed E-state index contributed by atoms with van der Waals surface area (Å²) in [6.45, 7) is 0. The molecule has 0 aromatic heterocycles. The fraction of sp³-hybridized carbons (Fsp3) is 0.125. The third-order valence-electron chi connectivity index (χ3n) is 1.51. The normalized spacial score (nSPS) is 12.5. The van der Waals surface area contributed by atoms with Gasteiger partial charge in [0.1, 0.15) is 5.82 Å². The van der Waals surface area contributed by atoms with Gasteiger partial charge in [-0.05, 0) is 17.7 Å². The van der Waals surface area contributed by atoms with E-state index in [1.54, 1.807) is 12.1 Å². The van der Waals surface area contributed by atoms with Gasteiger partial charge in [0.05, 0.1) is 16.3 Å². The Bertz CT molecular complexity index is 356. The lowest BCUT2D eigenvalue weighted by molar-refractivity contribution is 0.613. The Labute approximate surface area is 86.3 Å². The summed E-state index contributed by atoms with van der Waals surface area (Å²) in [5.74, 6) is -0.399. The summed E-state index contributed by atoms with van der Waals surface area (Å²) in [7, 11) is -1.52. The second-order valence-corrected chi connectivity index (χ2v) is 4.16. The van der Waals surface area contributed by atoms with Crippen molar-refractivity contribution in [1.29, 1.82) is 5.41 Å². The van der Waals surface area contributed by atoms with Crippen LogP contribution in [-0.2, 0) is 16.1 Å². The summed E-state index contributed by atoms with van der Waals surface area (Å²) >= 11 is 3.13. The minimum Gasteiger partial charge on any atom is -0.299 e. The van der Waals surface area contributed by atoms with Crippen LogP contribution in [-0.4, -0.2) is 9.76 Å². The van der Waals surface area contributed by atoms with E-state index in [0.29, 0.717) is 15.8 Å². The van der Waals surface area contributed by atoms with Gasteiger partial charge in [0, 0.05) is 10.2 Å². The third kappa shape index (κ3) is 2.45. The molecular formula is C8H7BrFNOS. The Hall–Kier alpha value is -0.550. The maximum Gasteiger partial charge on any atom is 0.128 e. The van der Waals surface area contributed by atoms with E-state index < -0.39 is 16.6 Å². The van der Waals surface area contributed by atoms with Crippen molar-refractivity contribution in [2.24, 2.45) is 0 Å². The number of alkyl halides is 1. The predicted molar refractivity (Wildman–Crippen MR) is 54.2 cm³/mol. The van der Waals surface area contributed by atoms with Gasteiger partial charge in [0.25, 0.3) is 0 Å². The van der Waals surface area contributed by atoms with Crippen molar-refractivity contribution in [3.63, 3.8) is 0 Å². The van der Waals surface area contributed by atoms with E-state index in [4.69, 9.17) is 5.41 Å². The van der Waals surface area contributed by atoms with E-state index >= 15 is 0 Å². The van der Waals surface area contributed by atoms with Gasteiger partial charge in [-0.1, -0.05) is 22.0 Å². The minimum atomic E-state index is -1.52. The van der Waals surface area contributed by atoms with Crippen molar-refractivity contribution >= 4 is 32.3 Å². The van der Waals surface area contributed by atoms with E-state index in [2.05, 4.69) is 15.9 Å². The van der Waals surface area contributed by atoms with Crippen molar-refractivity contribution in [2.45, 2.75) is 10.2 Å². The molecule has 0 radical (unpaired) electrons. The van der Waals surface area contributed by atoms with Crippen LogP contribution in [0.3, 0.4) is 0 Å². The van der Waals surface area contributed by atoms with E-state index in [0.717, 1.165) is 5.55 Å². The Morgan fingerprint density at radius 1 is 1.62 bits per heavy atom. The highest BCUT2D eigenvalue weighted by Crippen LogP contribution is 2.15. The second kappa shape index (κ2) is 4.62. The van der Waals surface area contributed by atoms with Gasteiger partial charge in [0.15, 0.2) is 0 Å². The highest BCUT2D eigenvalue weighted by atomic mass is 79.9. The smallest absolute Gasteiger partial charge is 0.128 e. The average molecular weight is 264 g/mol. The average Bonchev–Trinajstić information content (AvgIpc) is 2.16. The molecule has 1 N–H and O–H groups in total. The van der Waals surface area contributed by atoms with Gasteiger partial charge >= 0.3 is 0 Å². The van der Waals surface area contributed by atoms with Crippen LogP contribution in [0.15, 0.2) is 23.1 Å². The first-order chi connectivity index (χ1) is 6.19. The summed E-state index contributed by atoms with van der Waals surface area (Å²) in [6, 6.07) is 4.30. The number of halogens is 2. The zero-order chi connectivity index (χ0) is 9.84. The molecule has 0 aliphatic heterocycles. The summed E-state index contributed by atoms with van der Waals surface area (Å²) in [5.41, 5.74) is 1.30. The Morgan fingerprint density at radius 3 is 2.77 bits per heavy atom. The van der Waals surface area contributed by atoms with Crippen LogP contribution in [0.2, 0.25) is 0 Å². The van der Waals surface area contributed by atoms with Crippen LogP contribution in [0.25, 0.3) is 0 Å². The fourth-order valence-corrected chi connectivity index (χ4v) is 1.84. The highest BCUT2D eigenvalue weighted by molar-refractivity contribution is 9.08. The van der Waals surface area contributed by atoms with Crippen molar-refractivity contribution in [3.05, 3.63) is 29.6 Å². The molecule has 70 valence electrons. The van der Waals surface area contributed by atoms with E-state index in [9.17, 15) is 8.60 Å². The van der Waals surface area contributed by atoms with E-state index in [-0.39, 0.29) is 0 Å². The molecule has 0 saturated carbocycles. The van der Waals surface area contributed by atoms with Crippen molar-refractivity contribution in [3.8, 4) is 0 Å². The number of benzene rings is 1. The molecule has 1 unspecified atom stereocenters. The molecule has 13 heavy (non-hydrogen) atoms. The van der Waals surface area contributed by atoms with E-state index in [1.807, 2.05) is 0 Å². The monoisotopic (exact) mass is 263 g/mol. The summed E-state index contributed by atoms with van der Waals surface area (Å²) in [5, 5.41) is 7.19. The summed E-state index contributed by atoms with van der Waals surface area (Å²) < 4.78 is 24.2. The minimum absolute atomic E-state index is 0.317. The molecular weight excluding hydrogens is 257 g/mol. The molecule has 1 rings (SSSR count). The largest absolute Gasteiger partial charge is 0.299 e. The van der Waals surface area contributed by atoms with Crippen molar-refractivity contribution in [1.82, 2.24) is 0 Å². The molecule has 0 amide bonds. The molecule has 0 fully saturated rings. The molecule has 1 aromatic rings. The van der Waals surface area contributed by atoms with Gasteiger partial charge in [-0.15, -0.1) is 0 Å². The lowest BCUT2D eigenvalue weighted by Gasteiger charge is -2.00. The van der Waals surface area contributed by atoms with Crippen molar-refractivity contribution in [2.75, 3.05) is 0 Å². The molecule has 0 saturated heterocycles. The molecule has 0 heterocycles. The summed E-state index contributed by atoms with van der Waals surface area (Å²) in [6.07, 6.45) is 0. The lowest BCUT2D eigenvalue weighted by Crippen LogP contribution is -1.94. The molecule has 0 spiro atoms. The number of hydrogen-bond donors (Lipinski definition) is 1. The topological polar surface area (TPSA) is 40.9 Å². The standard InChI is InChI=1S/C8H7BrFNOS/c9-4-6-1-2-7(3-8(6)10)13(12)5-11/h1-3,5,11H,4H2. The molecule has 2 nitrogen and oxygen atoms in total. The maximum absolute atomic E-state index is 13.1. The van der Waals surface area contributed by atoms with E-state index in [1.165, 1.54) is 6.07 Å². The van der Waals surface area contributed by atoms with Crippen LogP contribution in [0.1, 0.15) is 5.56 Å². The molecule has 1 atom stereocenters. The van der Waals surface area contributed by atoms with Crippen LogP contribution < -0.4 is 0 Å². The molecule has 0 aliphatic rings. The first-order valence-corrected chi connectivity index (χ1v) is 5.78. The number of hydrogen-bond acceptors (Lipinski definition) is 2. The SMILES string of the molecule is N=CS(=O)c1ccc(CBr)c(F)c1. The van der Waals surface area contributed by atoms with Gasteiger partial charge in [-0.2, -0.15) is 0 Å². The zero-order valence-electron chi connectivity index (χ0n) is 6.59. The second-order valence-electron chi connectivity index (χ2n) is 2.30. The Morgan fingerprint density at radius 2 is 2.31 bits per heavy atom. The van der Waals surface area contributed by atoms with Crippen LogP contribution in [0, 0.1) is 11.2 Å². The van der Waals surface area contributed by atoms with Gasteiger partial charge in [0.2, 0.25) is 0 Å². The lowest BCUT2D eigenvalue weighted by atomic mass is 10.2. The Kier molecular flexibility index (Phi) is 3.74. The number of rotatable bonds is 3. The van der Waals surface area contributed by atoms with Crippen molar-refractivity contribution < 1.29 is 8.60 Å². The zero-order valence-corrected chi connectivity index (χ0v) is 8.99. The first kappa shape index (κ1) is 10.5. The number of nitrogens with one attached hydrogen (secondary N) is 1. The predicted octanol–water partition coefficient (Wildman–Crippen LogP) is 2.44. The van der Waals surface area contributed by atoms with Crippen LogP contribution in [0.5, 0.6) is 0 Å². The van der Waals surface area contributed by atoms with Gasteiger partial charge in [-0.3, -0.25) is 5.41 Å². The molecule has 1 aromatic carbocycles. The molecule has 0 aliphatic carbocycles. The highest BCUT2D eigenvalue weighted by Gasteiger charge is 2.05. The van der Waals surface area contributed by atoms with Crippen LogP contribution >= 0.6 is 15.9 Å². The third-order valence-corrected chi connectivity index (χ3v) is 3.04. The Balaban J connectivity index is 3.09. The quantitative estimate of drug-likeness (QED) is 0.508. The first-order valence-electron chi connectivity index (χ1n) is 3.44. The molecule has 5 heteroatoms.